The van der Waals surface area contributed by atoms with E-state index in [0.29, 0.717) is 11.5 Å². The van der Waals surface area contributed by atoms with Crippen molar-refractivity contribution in [2.45, 2.75) is 96.7 Å². The van der Waals surface area contributed by atoms with Gasteiger partial charge in [0.15, 0.2) is 5.78 Å². The van der Waals surface area contributed by atoms with E-state index in [-0.39, 0.29) is 28.6 Å². The molecule has 4 nitrogen and oxygen atoms in total. The van der Waals surface area contributed by atoms with Crippen LogP contribution in [0, 0.1) is 5.41 Å². The molecule has 3 aromatic rings. The number of hydrogen-bond acceptors (Lipinski definition) is 5. The monoisotopic (exact) mass is 623 g/mol. The Hall–Kier alpha value is -3.15. The second-order valence-corrected chi connectivity index (χ2v) is 16.8. The maximum atomic E-state index is 15.2. The highest BCUT2D eigenvalue weighted by atomic mass is 32.2. The van der Waals surface area contributed by atoms with Gasteiger partial charge in [-0.15, -0.1) is 0 Å². The normalized spacial score (nSPS) is 25.1. The zero-order valence-electron chi connectivity index (χ0n) is 28.4. The molecule has 238 valence electrons. The molecule has 2 heterocycles. The average molecular weight is 624 g/mol. The van der Waals surface area contributed by atoms with Crippen molar-refractivity contribution < 1.29 is 14.3 Å². The molecular weight excluding hydrogens is 575 g/mol. The van der Waals surface area contributed by atoms with Crippen molar-refractivity contribution in [3.63, 3.8) is 0 Å². The molecule has 2 saturated heterocycles. The minimum atomic E-state index is -0.897. The molecule has 0 saturated carbocycles. The van der Waals surface area contributed by atoms with Crippen LogP contribution >= 0.6 is 11.8 Å². The van der Waals surface area contributed by atoms with Gasteiger partial charge in [-0.3, -0.25) is 14.9 Å². The number of hydrogen-bond donors (Lipinski definition) is 1. The van der Waals surface area contributed by atoms with Crippen LogP contribution in [0.25, 0.3) is 6.08 Å². The summed E-state index contributed by atoms with van der Waals surface area (Å²) < 4.78 is 6.03. The van der Waals surface area contributed by atoms with E-state index in [9.17, 15) is 4.79 Å². The SMILES string of the molecule is CC(C)(C)OC(=O)C1NC(c2ccccc2)C2(CSC/C(=C\c3ccc(C(C)(C)C)cc3)C2=O)C1c1ccc(C(C)(C)C)cc1. The van der Waals surface area contributed by atoms with Crippen LogP contribution in [0.5, 0.6) is 0 Å². The minimum Gasteiger partial charge on any atom is -0.459 e. The highest BCUT2D eigenvalue weighted by Gasteiger charge is 2.63. The quantitative estimate of drug-likeness (QED) is 0.233. The van der Waals surface area contributed by atoms with Crippen molar-refractivity contribution in [3.8, 4) is 0 Å². The first-order valence-electron chi connectivity index (χ1n) is 16.1. The highest BCUT2D eigenvalue weighted by Crippen LogP contribution is 2.58. The van der Waals surface area contributed by atoms with Crippen LogP contribution in [0.4, 0.5) is 0 Å². The Kier molecular flexibility index (Phi) is 9.02. The van der Waals surface area contributed by atoms with Crippen LogP contribution in [0.15, 0.2) is 84.4 Å². The predicted molar refractivity (Wildman–Crippen MR) is 188 cm³/mol. The molecule has 4 unspecified atom stereocenters. The van der Waals surface area contributed by atoms with Crippen molar-refractivity contribution >= 4 is 29.6 Å². The number of Topliss-reactive ketones (excluding diaryl/α,β-unsaturated/α-hetero) is 1. The van der Waals surface area contributed by atoms with Gasteiger partial charge in [0.05, 0.1) is 5.41 Å². The average Bonchev–Trinajstić information content (AvgIpc) is 3.30. The molecular formula is C40H49NO3S. The summed E-state index contributed by atoms with van der Waals surface area (Å²) in [6.07, 6.45) is 2.06. The summed E-state index contributed by atoms with van der Waals surface area (Å²) >= 11 is 1.78. The van der Waals surface area contributed by atoms with Crippen LogP contribution in [0.3, 0.4) is 0 Å². The molecule has 0 bridgehead atoms. The molecule has 1 N–H and O–H groups in total. The van der Waals surface area contributed by atoms with Crippen molar-refractivity contribution in [3.05, 3.63) is 112 Å². The van der Waals surface area contributed by atoms with E-state index in [2.05, 4.69) is 114 Å². The van der Waals surface area contributed by atoms with Crippen molar-refractivity contribution in [2.24, 2.45) is 5.41 Å². The summed E-state index contributed by atoms with van der Waals surface area (Å²) in [6.45, 7) is 18.9. The van der Waals surface area contributed by atoms with E-state index in [1.54, 1.807) is 11.8 Å². The largest absolute Gasteiger partial charge is 0.459 e. The summed E-state index contributed by atoms with van der Waals surface area (Å²) in [7, 11) is 0. The molecule has 2 aliphatic heterocycles. The number of benzene rings is 3. The van der Waals surface area contributed by atoms with Crippen molar-refractivity contribution in [1.82, 2.24) is 5.32 Å². The van der Waals surface area contributed by atoms with Gasteiger partial charge in [-0.2, -0.15) is 11.8 Å². The fourth-order valence-electron chi connectivity index (χ4n) is 6.78. The van der Waals surface area contributed by atoms with Gasteiger partial charge in [0.2, 0.25) is 0 Å². The van der Waals surface area contributed by atoms with E-state index >= 15 is 4.79 Å². The Morgan fingerprint density at radius 1 is 0.800 bits per heavy atom. The van der Waals surface area contributed by atoms with E-state index < -0.39 is 23.0 Å². The van der Waals surface area contributed by atoms with E-state index in [4.69, 9.17) is 4.74 Å². The second kappa shape index (κ2) is 12.2. The van der Waals surface area contributed by atoms with Crippen LogP contribution in [0.2, 0.25) is 0 Å². The number of ketones is 1. The number of thioether (sulfide) groups is 1. The number of rotatable bonds is 4. The first-order chi connectivity index (χ1) is 21.0. The molecule has 1 spiro atoms. The van der Waals surface area contributed by atoms with E-state index in [1.165, 1.54) is 11.1 Å². The van der Waals surface area contributed by atoms with Crippen LogP contribution in [-0.4, -0.2) is 34.9 Å². The third-order valence-corrected chi connectivity index (χ3v) is 10.3. The van der Waals surface area contributed by atoms with Gasteiger partial charge in [-0.05, 0) is 65.5 Å². The Bertz CT molecular complexity index is 1550. The van der Waals surface area contributed by atoms with Gasteiger partial charge in [-0.25, -0.2) is 0 Å². The molecule has 4 atom stereocenters. The molecule has 5 heteroatoms. The van der Waals surface area contributed by atoms with Gasteiger partial charge in [0, 0.05) is 29.0 Å². The molecule has 2 fully saturated rings. The fourth-order valence-corrected chi connectivity index (χ4v) is 8.13. The number of carbonyl (C=O) groups is 2. The minimum absolute atomic E-state index is 0.0176. The maximum Gasteiger partial charge on any atom is 0.324 e. The zero-order chi connectivity index (χ0) is 32.8. The third kappa shape index (κ3) is 6.85. The Morgan fingerprint density at radius 3 is 1.89 bits per heavy atom. The fraction of sp³-hybridized carbons (Fsp3) is 0.450. The summed E-state index contributed by atoms with van der Waals surface area (Å²) in [4.78, 5) is 29.2. The molecule has 0 radical (unpaired) electrons. The lowest BCUT2D eigenvalue weighted by molar-refractivity contribution is -0.157. The van der Waals surface area contributed by atoms with Crippen LogP contribution in [-0.2, 0) is 25.2 Å². The lowest BCUT2D eigenvalue weighted by Gasteiger charge is -2.42. The molecule has 3 aromatic carbocycles. The third-order valence-electron chi connectivity index (χ3n) is 9.11. The molecule has 5 rings (SSSR count). The van der Waals surface area contributed by atoms with Crippen molar-refractivity contribution in [1.29, 1.82) is 0 Å². The smallest absolute Gasteiger partial charge is 0.324 e. The van der Waals surface area contributed by atoms with Gasteiger partial charge in [0.25, 0.3) is 0 Å². The molecule has 0 aromatic heterocycles. The molecule has 2 aliphatic rings. The molecule has 0 amide bonds. The van der Waals surface area contributed by atoms with Gasteiger partial charge in [0.1, 0.15) is 11.6 Å². The zero-order valence-corrected chi connectivity index (χ0v) is 29.2. The van der Waals surface area contributed by atoms with Gasteiger partial charge in [-0.1, -0.05) is 120 Å². The van der Waals surface area contributed by atoms with E-state index in [1.807, 2.05) is 39.0 Å². The van der Waals surface area contributed by atoms with Gasteiger partial charge >= 0.3 is 5.97 Å². The van der Waals surface area contributed by atoms with Gasteiger partial charge < -0.3 is 4.74 Å². The standard InChI is InChI=1S/C40H49NO3S/c1-37(2,3)30-19-15-26(16-20-30)23-29-24-45-25-40(35(29)42)32(27-17-21-31(22-18-27)38(4,5)6)33(36(43)44-39(7,8)9)41-34(40)28-13-11-10-12-14-28/h10-23,32-34,41H,24-25H2,1-9H3/b29-23+. The number of ether oxygens (including phenoxy) is 1. The lowest BCUT2D eigenvalue weighted by atomic mass is 9.63. The first kappa shape index (κ1) is 33.2. The number of esters is 1. The second-order valence-electron chi connectivity index (χ2n) is 15.8. The maximum absolute atomic E-state index is 15.2. The molecule has 45 heavy (non-hydrogen) atoms. The summed E-state index contributed by atoms with van der Waals surface area (Å²) in [5.41, 5.74) is 4.74. The van der Waals surface area contributed by atoms with Crippen LogP contribution in [0.1, 0.15) is 102 Å². The number of carbonyl (C=O) groups excluding carboxylic acids is 2. The Balaban J connectivity index is 1.67. The Morgan fingerprint density at radius 2 is 1.36 bits per heavy atom. The van der Waals surface area contributed by atoms with E-state index in [0.717, 1.165) is 22.3 Å². The van der Waals surface area contributed by atoms with Crippen LogP contribution < -0.4 is 5.32 Å². The molecule has 0 aliphatic carbocycles. The summed E-state index contributed by atoms with van der Waals surface area (Å²) in [5, 5.41) is 3.69. The first-order valence-corrected chi connectivity index (χ1v) is 17.2. The summed E-state index contributed by atoms with van der Waals surface area (Å²) in [6, 6.07) is 26.2. The van der Waals surface area contributed by atoms with Crippen molar-refractivity contribution in [2.75, 3.05) is 11.5 Å². The predicted octanol–water partition coefficient (Wildman–Crippen LogP) is 8.81. The number of nitrogens with one attached hydrogen (secondary N) is 1. The highest BCUT2D eigenvalue weighted by molar-refractivity contribution is 7.99. The Labute approximate surface area is 274 Å². The summed E-state index contributed by atoms with van der Waals surface area (Å²) in [5.74, 6) is 0.605. The topological polar surface area (TPSA) is 55.4 Å². The lowest BCUT2D eigenvalue weighted by Crippen LogP contribution is -2.47.